The highest BCUT2D eigenvalue weighted by molar-refractivity contribution is 7.99. The molecule has 2 amide bonds. The number of carbonyl (C=O) groups excluding carboxylic acids is 2. The highest BCUT2D eigenvalue weighted by Gasteiger charge is 2.44. The van der Waals surface area contributed by atoms with E-state index in [1.165, 1.54) is 0 Å². The maximum Gasteiger partial charge on any atom is 0.247 e. The Kier molecular flexibility index (Phi) is 3.87. The van der Waals surface area contributed by atoms with Gasteiger partial charge in [0.05, 0.1) is 6.04 Å². The lowest BCUT2D eigenvalue weighted by Gasteiger charge is -2.46. The summed E-state index contributed by atoms with van der Waals surface area (Å²) >= 11 is 1.79. The summed E-state index contributed by atoms with van der Waals surface area (Å²) < 4.78 is 0. The SMILES string of the molecule is CN1CCN(C(=O)C2CSCCN2)C(C)(C)C1=O. The largest absolute Gasteiger partial charge is 0.342 e. The number of piperazine rings is 1. The van der Waals surface area contributed by atoms with E-state index in [-0.39, 0.29) is 17.9 Å². The highest BCUT2D eigenvalue weighted by atomic mass is 32.2. The molecule has 5 nitrogen and oxygen atoms in total. The molecule has 102 valence electrons. The fourth-order valence-electron chi connectivity index (χ4n) is 2.51. The van der Waals surface area contributed by atoms with Crippen LogP contribution in [0.5, 0.6) is 0 Å². The third-order valence-electron chi connectivity index (χ3n) is 3.69. The molecule has 1 unspecified atom stereocenters. The highest BCUT2D eigenvalue weighted by Crippen LogP contribution is 2.23. The Balaban J connectivity index is 2.11. The lowest BCUT2D eigenvalue weighted by atomic mass is 9.96. The van der Waals surface area contributed by atoms with Gasteiger partial charge in [0.2, 0.25) is 11.8 Å². The Morgan fingerprint density at radius 1 is 1.44 bits per heavy atom. The number of likely N-dealkylation sites (N-methyl/N-ethyl adjacent to an activating group) is 1. The van der Waals surface area contributed by atoms with Gasteiger partial charge in [-0.1, -0.05) is 0 Å². The van der Waals surface area contributed by atoms with Crippen LogP contribution in [0.3, 0.4) is 0 Å². The normalized spacial score (nSPS) is 28.4. The lowest BCUT2D eigenvalue weighted by Crippen LogP contribution is -2.66. The molecule has 0 bridgehead atoms. The average molecular weight is 271 g/mol. The Morgan fingerprint density at radius 2 is 2.17 bits per heavy atom. The van der Waals surface area contributed by atoms with Gasteiger partial charge in [-0.2, -0.15) is 11.8 Å². The molecular weight excluding hydrogens is 250 g/mol. The molecule has 2 rings (SSSR count). The van der Waals surface area contributed by atoms with Gasteiger partial charge < -0.3 is 15.1 Å². The van der Waals surface area contributed by atoms with Crippen molar-refractivity contribution < 1.29 is 9.59 Å². The van der Waals surface area contributed by atoms with Crippen molar-refractivity contribution in [2.45, 2.75) is 25.4 Å². The summed E-state index contributed by atoms with van der Waals surface area (Å²) in [6, 6.07) is -0.140. The molecule has 0 saturated carbocycles. The van der Waals surface area contributed by atoms with Crippen LogP contribution in [-0.2, 0) is 9.59 Å². The molecular formula is C12H21N3O2S. The maximum atomic E-state index is 12.5. The Bertz CT molecular complexity index is 353. The van der Waals surface area contributed by atoms with Gasteiger partial charge in [0, 0.05) is 38.2 Å². The summed E-state index contributed by atoms with van der Waals surface area (Å²) in [4.78, 5) is 28.1. The molecule has 2 aliphatic heterocycles. The first kappa shape index (κ1) is 13.7. The molecule has 0 aromatic heterocycles. The van der Waals surface area contributed by atoms with Crippen molar-refractivity contribution in [3.8, 4) is 0 Å². The van der Waals surface area contributed by atoms with Gasteiger partial charge in [0.15, 0.2) is 0 Å². The van der Waals surface area contributed by atoms with E-state index in [1.807, 2.05) is 13.8 Å². The van der Waals surface area contributed by atoms with Gasteiger partial charge in [-0.15, -0.1) is 0 Å². The number of nitrogens with zero attached hydrogens (tertiary/aromatic N) is 2. The van der Waals surface area contributed by atoms with Crippen LogP contribution in [0.1, 0.15) is 13.8 Å². The van der Waals surface area contributed by atoms with Gasteiger partial charge in [0.25, 0.3) is 0 Å². The maximum absolute atomic E-state index is 12.5. The zero-order valence-electron chi connectivity index (χ0n) is 11.2. The van der Waals surface area contributed by atoms with Crippen LogP contribution in [0, 0.1) is 0 Å². The molecule has 0 aromatic carbocycles. The van der Waals surface area contributed by atoms with Crippen molar-refractivity contribution in [2.24, 2.45) is 0 Å². The predicted molar refractivity (Wildman–Crippen MR) is 72.5 cm³/mol. The van der Waals surface area contributed by atoms with Crippen LogP contribution in [-0.4, -0.2) is 71.4 Å². The Labute approximate surface area is 112 Å². The van der Waals surface area contributed by atoms with Gasteiger partial charge >= 0.3 is 0 Å². The minimum Gasteiger partial charge on any atom is -0.342 e. The first-order valence-corrected chi connectivity index (χ1v) is 7.48. The van der Waals surface area contributed by atoms with Crippen LogP contribution in [0.4, 0.5) is 0 Å². The minimum atomic E-state index is -0.728. The molecule has 2 saturated heterocycles. The van der Waals surface area contributed by atoms with Crippen LogP contribution in [0.2, 0.25) is 0 Å². The number of nitrogens with one attached hydrogen (secondary N) is 1. The van der Waals surface area contributed by atoms with Crippen molar-refractivity contribution in [2.75, 3.05) is 38.2 Å². The number of carbonyl (C=O) groups is 2. The second kappa shape index (κ2) is 5.09. The number of hydrogen-bond donors (Lipinski definition) is 1. The summed E-state index contributed by atoms with van der Waals surface area (Å²) in [5.74, 6) is 1.93. The monoisotopic (exact) mass is 271 g/mol. The van der Waals surface area contributed by atoms with E-state index in [0.717, 1.165) is 18.1 Å². The van der Waals surface area contributed by atoms with Gasteiger partial charge in [-0.3, -0.25) is 9.59 Å². The van der Waals surface area contributed by atoms with Crippen LogP contribution < -0.4 is 5.32 Å². The topological polar surface area (TPSA) is 52.6 Å². The summed E-state index contributed by atoms with van der Waals surface area (Å²) in [6.45, 7) is 5.77. The fraction of sp³-hybridized carbons (Fsp3) is 0.833. The summed E-state index contributed by atoms with van der Waals surface area (Å²) in [6.07, 6.45) is 0. The van der Waals surface area contributed by atoms with E-state index in [1.54, 1.807) is 28.6 Å². The molecule has 1 atom stereocenters. The summed E-state index contributed by atoms with van der Waals surface area (Å²) in [5.41, 5.74) is -0.728. The molecule has 0 aliphatic carbocycles. The predicted octanol–water partition coefficient (Wildman–Crippen LogP) is -0.229. The third-order valence-corrected chi connectivity index (χ3v) is 4.75. The van der Waals surface area contributed by atoms with Crippen molar-refractivity contribution in [1.82, 2.24) is 15.1 Å². The molecule has 0 spiro atoms. The second-order valence-electron chi connectivity index (χ2n) is 5.36. The first-order valence-electron chi connectivity index (χ1n) is 6.33. The van der Waals surface area contributed by atoms with Gasteiger partial charge in [-0.05, 0) is 13.8 Å². The smallest absolute Gasteiger partial charge is 0.247 e. The molecule has 2 aliphatic rings. The van der Waals surface area contributed by atoms with Crippen LogP contribution >= 0.6 is 11.8 Å². The Morgan fingerprint density at radius 3 is 2.78 bits per heavy atom. The van der Waals surface area contributed by atoms with Gasteiger partial charge in [-0.25, -0.2) is 0 Å². The number of rotatable bonds is 1. The van der Waals surface area contributed by atoms with E-state index in [2.05, 4.69) is 5.32 Å². The average Bonchev–Trinajstić information content (AvgIpc) is 2.36. The molecule has 6 heteroatoms. The molecule has 0 radical (unpaired) electrons. The number of hydrogen-bond acceptors (Lipinski definition) is 4. The van der Waals surface area contributed by atoms with Gasteiger partial charge in [0.1, 0.15) is 5.54 Å². The zero-order valence-corrected chi connectivity index (χ0v) is 12.0. The van der Waals surface area contributed by atoms with E-state index < -0.39 is 5.54 Å². The van der Waals surface area contributed by atoms with Crippen LogP contribution in [0.25, 0.3) is 0 Å². The molecule has 18 heavy (non-hydrogen) atoms. The van der Waals surface area contributed by atoms with E-state index in [0.29, 0.717) is 13.1 Å². The second-order valence-corrected chi connectivity index (χ2v) is 6.51. The van der Waals surface area contributed by atoms with Crippen molar-refractivity contribution >= 4 is 23.6 Å². The number of thioether (sulfide) groups is 1. The van der Waals surface area contributed by atoms with Crippen molar-refractivity contribution in [1.29, 1.82) is 0 Å². The standard InChI is InChI=1S/C12H21N3O2S/c1-12(2)11(17)14(3)5-6-15(12)10(16)9-8-18-7-4-13-9/h9,13H,4-8H2,1-3H3. The number of amides is 2. The minimum absolute atomic E-state index is 0.0190. The quantitative estimate of drug-likeness (QED) is 0.716. The Hall–Kier alpha value is -0.750. The summed E-state index contributed by atoms with van der Waals surface area (Å²) in [5, 5.41) is 3.24. The van der Waals surface area contributed by atoms with Crippen LogP contribution in [0.15, 0.2) is 0 Å². The third kappa shape index (κ3) is 2.36. The first-order chi connectivity index (χ1) is 8.44. The summed E-state index contributed by atoms with van der Waals surface area (Å²) in [7, 11) is 1.79. The van der Waals surface area contributed by atoms with E-state index in [9.17, 15) is 9.59 Å². The fourth-order valence-corrected chi connectivity index (χ4v) is 3.44. The molecule has 2 fully saturated rings. The lowest BCUT2D eigenvalue weighted by molar-refractivity contribution is -0.158. The van der Waals surface area contributed by atoms with Crippen molar-refractivity contribution in [3.63, 3.8) is 0 Å². The van der Waals surface area contributed by atoms with E-state index >= 15 is 0 Å². The van der Waals surface area contributed by atoms with Crippen molar-refractivity contribution in [3.05, 3.63) is 0 Å². The molecule has 2 heterocycles. The molecule has 1 N–H and O–H groups in total. The van der Waals surface area contributed by atoms with E-state index in [4.69, 9.17) is 0 Å². The zero-order chi connectivity index (χ0) is 13.3. The molecule has 0 aromatic rings.